The summed E-state index contributed by atoms with van der Waals surface area (Å²) < 4.78 is 9.93. The molecule has 2 rings (SSSR count). The summed E-state index contributed by atoms with van der Waals surface area (Å²) >= 11 is 0. The number of nitrogens with zero attached hydrogens (tertiary/aromatic N) is 2. The van der Waals surface area contributed by atoms with Crippen LogP contribution in [-0.2, 0) is 13.1 Å². The molecule has 0 atom stereocenters. The molecule has 6 heteroatoms. The van der Waals surface area contributed by atoms with Crippen LogP contribution in [0.3, 0.4) is 0 Å². The molecule has 0 aliphatic carbocycles. The first-order chi connectivity index (χ1) is 10.3. The summed E-state index contributed by atoms with van der Waals surface area (Å²) in [4.78, 5) is 4.53. The standard InChI is InChI=1S/C15H20N4O2/c1-3-16-15(18-11-13-8-9-21-19-13)17-10-12-4-6-14(20-2)7-5-12/h4-9H,3,10-11H2,1-2H3,(H2,16,17,18). The summed E-state index contributed by atoms with van der Waals surface area (Å²) in [7, 11) is 1.66. The second kappa shape index (κ2) is 7.94. The molecule has 0 unspecified atom stereocenters. The Morgan fingerprint density at radius 2 is 2.05 bits per heavy atom. The highest BCUT2D eigenvalue weighted by Gasteiger charge is 2.00. The SMILES string of the molecule is CCNC(=NCc1ccc(OC)cc1)NCc1ccon1. The zero-order valence-electron chi connectivity index (χ0n) is 12.3. The minimum Gasteiger partial charge on any atom is -0.497 e. The van der Waals surface area contributed by atoms with Crippen LogP contribution in [0.2, 0.25) is 0 Å². The monoisotopic (exact) mass is 288 g/mol. The first-order valence-corrected chi connectivity index (χ1v) is 6.86. The van der Waals surface area contributed by atoms with Gasteiger partial charge in [0, 0.05) is 12.6 Å². The fourth-order valence-corrected chi connectivity index (χ4v) is 1.75. The van der Waals surface area contributed by atoms with Gasteiger partial charge in [-0.3, -0.25) is 0 Å². The maximum atomic E-state index is 5.14. The predicted octanol–water partition coefficient (Wildman–Crippen LogP) is 1.94. The van der Waals surface area contributed by atoms with Crippen LogP contribution in [0.15, 0.2) is 46.1 Å². The summed E-state index contributed by atoms with van der Waals surface area (Å²) in [6, 6.07) is 9.69. The Kier molecular flexibility index (Phi) is 5.63. The molecule has 0 amide bonds. The third kappa shape index (κ3) is 4.83. The number of aliphatic imine (C=N–C) groups is 1. The topological polar surface area (TPSA) is 71.7 Å². The van der Waals surface area contributed by atoms with Gasteiger partial charge in [-0.2, -0.15) is 0 Å². The van der Waals surface area contributed by atoms with Gasteiger partial charge < -0.3 is 19.9 Å². The van der Waals surface area contributed by atoms with E-state index in [1.807, 2.05) is 37.3 Å². The molecule has 6 nitrogen and oxygen atoms in total. The third-order valence-electron chi connectivity index (χ3n) is 2.85. The third-order valence-corrected chi connectivity index (χ3v) is 2.85. The molecule has 0 aliphatic heterocycles. The van der Waals surface area contributed by atoms with Crippen LogP contribution in [0, 0.1) is 0 Å². The number of aromatic nitrogens is 1. The summed E-state index contributed by atoms with van der Waals surface area (Å²) in [6.45, 7) is 4.00. The van der Waals surface area contributed by atoms with Crippen LogP contribution in [0.4, 0.5) is 0 Å². The van der Waals surface area contributed by atoms with E-state index in [0.29, 0.717) is 13.1 Å². The summed E-state index contributed by atoms with van der Waals surface area (Å²) in [5.41, 5.74) is 1.96. The molecule has 0 fully saturated rings. The van der Waals surface area contributed by atoms with Crippen molar-refractivity contribution in [1.29, 1.82) is 0 Å². The highest BCUT2D eigenvalue weighted by molar-refractivity contribution is 5.79. The zero-order chi connectivity index (χ0) is 14.9. The predicted molar refractivity (Wildman–Crippen MR) is 81.2 cm³/mol. The number of benzene rings is 1. The van der Waals surface area contributed by atoms with Crippen molar-refractivity contribution in [3.05, 3.63) is 47.9 Å². The number of hydrogen-bond donors (Lipinski definition) is 2. The molecule has 0 spiro atoms. The number of rotatable bonds is 6. The van der Waals surface area contributed by atoms with Gasteiger partial charge in [0.2, 0.25) is 0 Å². The largest absolute Gasteiger partial charge is 0.497 e. The van der Waals surface area contributed by atoms with Crippen molar-refractivity contribution in [2.45, 2.75) is 20.0 Å². The van der Waals surface area contributed by atoms with Crippen molar-refractivity contribution in [3.63, 3.8) is 0 Å². The van der Waals surface area contributed by atoms with E-state index in [2.05, 4.69) is 20.8 Å². The molecule has 21 heavy (non-hydrogen) atoms. The summed E-state index contributed by atoms with van der Waals surface area (Å²) in [5, 5.41) is 10.3. The van der Waals surface area contributed by atoms with E-state index in [0.717, 1.165) is 29.5 Å². The molecule has 1 aromatic carbocycles. The molecular formula is C15H20N4O2. The number of ether oxygens (including phenoxy) is 1. The van der Waals surface area contributed by atoms with E-state index in [-0.39, 0.29) is 0 Å². The van der Waals surface area contributed by atoms with Crippen molar-refractivity contribution < 1.29 is 9.26 Å². The summed E-state index contributed by atoms with van der Waals surface area (Å²) in [5.74, 6) is 1.59. The van der Waals surface area contributed by atoms with Crippen LogP contribution < -0.4 is 15.4 Å². The maximum Gasteiger partial charge on any atom is 0.191 e. The van der Waals surface area contributed by atoms with Gasteiger partial charge in [0.25, 0.3) is 0 Å². The van der Waals surface area contributed by atoms with Crippen molar-refractivity contribution in [3.8, 4) is 5.75 Å². The Morgan fingerprint density at radius 1 is 1.24 bits per heavy atom. The van der Waals surface area contributed by atoms with Gasteiger partial charge >= 0.3 is 0 Å². The number of guanidine groups is 1. The van der Waals surface area contributed by atoms with Crippen LogP contribution in [0.25, 0.3) is 0 Å². The molecule has 112 valence electrons. The Balaban J connectivity index is 1.92. The second-order valence-corrected chi connectivity index (χ2v) is 4.39. The molecule has 1 aromatic heterocycles. The molecule has 0 saturated carbocycles. The van der Waals surface area contributed by atoms with Gasteiger partial charge in [0.05, 0.1) is 20.2 Å². The van der Waals surface area contributed by atoms with E-state index in [4.69, 9.17) is 9.26 Å². The lowest BCUT2D eigenvalue weighted by Crippen LogP contribution is -2.36. The van der Waals surface area contributed by atoms with Gasteiger partial charge in [-0.1, -0.05) is 17.3 Å². The molecule has 2 N–H and O–H groups in total. The van der Waals surface area contributed by atoms with E-state index < -0.39 is 0 Å². The number of hydrogen-bond acceptors (Lipinski definition) is 4. The highest BCUT2D eigenvalue weighted by atomic mass is 16.5. The normalized spacial score (nSPS) is 11.2. The Morgan fingerprint density at radius 3 is 2.67 bits per heavy atom. The molecule has 0 radical (unpaired) electrons. The molecule has 2 aromatic rings. The lowest BCUT2D eigenvalue weighted by atomic mass is 10.2. The molecule has 0 saturated heterocycles. The number of nitrogens with one attached hydrogen (secondary N) is 2. The smallest absolute Gasteiger partial charge is 0.191 e. The van der Waals surface area contributed by atoms with Crippen molar-refractivity contribution in [2.75, 3.05) is 13.7 Å². The van der Waals surface area contributed by atoms with Crippen LogP contribution >= 0.6 is 0 Å². The average Bonchev–Trinajstić information content (AvgIpc) is 3.04. The van der Waals surface area contributed by atoms with Gasteiger partial charge in [-0.05, 0) is 24.6 Å². The molecule has 0 bridgehead atoms. The van der Waals surface area contributed by atoms with Crippen LogP contribution in [0.1, 0.15) is 18.2 Å². The van der Waals surface area contributed by atoms with E-state index in [9.17, 15) is 0 Å². The zero-order valence-corrected chi connectivity index (χ0v) is 12.3. The van der Waals surface area contributed by atoms with E-state index >= 15 is 0 Å². The van der Waals surface area contributed by atoms with E-state index in [1.165, 1.54) is 0 Å². The lowest BCUT2D eigenvalue weighted by Gasteiger charge is -2.10. The number of methoxy groups -OCH3 is 1. The van der Waals surface area contributed by atoms with Crippen LogP contribution in [-0.4, -0.2) is 24.8 Å². The first-order valence-electron chi connectivity index (χ1n) is 6.86. The van der Waals surface area contributed by atoms with Crippen molar-refractivity contribution in [1.82, 2.24) is 15.8 Å². The quantitative estimate of drug-likeness (QED) is 0.628. The Bertz CT molecular complexity index is 550. The lowest BCUT2D eigenvalue weighted by molar-refractivity contribution is 0.410. The van der Waals surface area contributed by atoms with Crippen molar-refractivity contribution in [2.24, 2.45) is 4.99 Å². The second-order valence-electron chi connectivity index (χ2n) is 4.39. The molecular weight excluding hydrogens is 268 g/mol. The molecule has 1 heterocycles. The van der Waals surface area contributed by atoms with Crippen LogP contribution in [0.5, 0.6) is 5.75 Å². The van der Waals surface area contributed by atoms with Gasteiger partial charge in [-0.15, -0.1) is 0 Å². The summed E-state index contributed by atoms with van der Waals surface area (Å²) in [6.07, 6.45) is 1.55. The van der Waals surface area contributed by atoms with Gasteiger partial charge in [0.1, 0.15) is 17.7 Å². The van der Waals surface area contributed by atoms with Gasteiger partial charge in [0.15, 0.2) is 5.96 Å². The molecule has 0 aliphatic rings. The average molecular weight is 288 g/mol. The minimum atomic E-state index is 0.574. The maximum absolute atomic E-state index is 5.14. The minimum absolute atomic E-state index is 0.574. The van der Waals surface area contributed by atoms with Gasteiger partial charge in [-0.25, -0.2) is 4.99 Å². The first kappa shape index (κ1) is 14.9. The Labute approximate surface area is 124 Å². The fourth-order valence-electron chi connectivity index (χ4n) is 1.75. The fraction of sp³-hybridized carbons (Fsp3) is 0.333. The Hall–Kier alpha value is -2.50. The highest BCUT2D eigenvalue weighted by Crippen LogP contribution is 2.11. The van der Waals surface area contributed by atoms with Crippen molar-refractivity contribution >= 4 is 5.96 Å². The van der Waals surface area contributed by atoms with E-state index in [1.54, 1.807) is 13.4 Å².